The first-order chi connectivity index (χ1) is 9.13. The van der Waals surface area contributed by atoms with Gasteiger partial charge in [-0.25, -0.2) is 0 Å². The number of carbonyl (C=O) groups excluding carboxylic acids is 1. The third-order valence-corrected chi connectivity index (χ3v) is 3.50. The first kappa shape index (κ1) is 13.5. The van der Waals surface area contributed by atoms with E-state index in [0.29, 0.717) is 6.54 Å². The molecule has 0 aliphatic rings. The maximum absolute atomic E-state index is 12.5. The highest BCUT2D eigenvalue weighted by molar-refractivity contribution is 6.10. The topological polar surface area (TPSA) is 43.1 Å². The van der Waals surface area contributed by atoms with E-state index in [4.69, 9.17) is 5.73 Å². The summed E-state index contributed by atoms with van der Waals surface area (Å²) in [5, 5.41) is 0. The Labute approximate surface area is 114 Å². The van der Waals surface area contributed by atoms with Crippen molar-refractivity contribution in [1.29, 1.82) is 0 Å². The summed E-state index contributed by atoms with van der Waals surface area (Å²) < 4.78 is 0. The molecule has 0 aromatic heterocycles. The van der Waals surface area contributed by atoms with Gasteiger partial charge in [0.2, 0.25) is 0 Å². The zero-order chi connectivity index (χ0) is 13.8. The van der Waals surface area contributed by atoms with Gasteiger partial charge < -0.3 is 5.73 Å². The summed E-state index contributed by atoms with van der Waals surface area (Å²) in [5.74, 6) is 0.0838. The predicted octanol–water partition coefficient (Wildman–Crippen LogP) is 3.04. The second-order valence-electron chi connectivity index (χ2n) is 4.81. The second kappa shape index (κ2) is 5.81. The van der Waals surface area contributed by atoms with Gasteiger partial charge in [0, 0.05) is 11.1 Å². The summed E-state index contributed by atoms with van der Waals surface area (Å²) in [7, 11) is 0. The van der Waals surface area contributed by atoms with Gasteiger partial charge in [-0.05, 0) is 43.5 Å². The Morgan fingerprint density at radius 2 is 1.74 bits per heavy atom. The molecule has 2 rings (SSSR count). The van der Waals surface area contributed by atoms with E-state index in [1.54, 1.807) is 0 Å². The maximum Gasteiger partial charge on any atom is 0.193 e. The molecular weight excluding hydrogens is 234 g/mol. The molecule has 98 valence electrons. The number of carbonyl (C=O) groups is 1. The van der Waals surface area contributed by atoms with Crippen LogP contribution in [0.3, 0.4) is 0 Å². The van der Waals surface area contributed by atoms with Gasteiger partial charge in [-0.3, -0.25) is 4.79 Å². The van der Waals surface area contributed by atoms with E-state index in [9.17, 15) is 4.79 Å². The monoisotopic (exact) mass is 253 g/mol. The van der Waals surface area contributed by atoms with Crippen LogP contribution in [0.4, 0.5) is 0 Å². The molecule has 0 radical (unpaired) electrons. The van der Waals surface area contributed by atoms with Crippen LogP contribution in [0.2, 0.25) is 0 Å². The minimum Gasteiger partial charge on any atom is -0.330 e. The molecule has 0 spiro atoms. The van der Waals surface area contributed by atoms with Crippen molar-refractivity contribution in [3.8, 4) is 0 Å². The minimum atomic E-state index is 0.0838. The zero-order valence-electron chi connectivity index (χ0n) is 11.4. The Bertz CT molecular complexity index is 585. The van der Waals surface area contributed by atoms with E-state index in [1.807, 2.05) is 56.3 Å². The third-order valence-electron chi connectivity index (χ3n) is 3.50. The molecule has 2 N–H and O–H groups in total. The summed E-state index contributed by atoms with van der Waals surface area (Å²) in [4.78, 5) is 12.5. The molecule has 0 aliphatic heterocycles. The molecule has 0 heterocycles. The molecule has 2 aromatic rings. The fourth-order valence-electron chi connectivity index (χ4n) is 2.14. The molecule has 0 bridgehead atoms. The lowest BCUT2D eigenvalue weighted by Gasteiger charge is -2.08. The lowest BCUT2D eigenvalue weighted by atomic mass is 9.95. The van der Waals surface area contributed by atoms with Crippen molar-refractivity contribution in [3.05, 3.63) is 70.3 Å². The largest absolute Gasteiger partial charge is 0.330 e. The standard InChI is InChI=1S/C17H19NO/c1-12-4-3-5-16(13(12)2)17(19)15-8-6-14(7-9-15)10-11-18/h3-9H,10-11,18H2,1-2H3. The quantitative estimate of drug-likeness (QED) is 0.851. The van der Waals surface area contributed by atoms with Gasteiger partial charge in [0.15, 0.2) is 5.78 Å². The van der Waals surface area contributed by atoms with Crippen molar-refractivity contribution >= 4 is 5.78 Å². The molecule has 0 atom stereocenters. The molecule has 0 unspecified atom stereocenters. The highest BCUT2D eigenvalue weighted by atomic mass is 16.1. The number of benzene rings is 2. The van der Waals surface area contributed by atoms with Crippen molar-refractivity contribution in [2.45, 2.75) is 20.3 Å². The lowest BCUT2D eigenvalue weighted by molar-refractivity contribution is 0.103. The Balaban J connectivity index is 2.31. The van der Waals surface area contributed by atoms with E-state index in [2.05, 4.69) is 0 Å². The number of rotatable bonds is 4. The fraction of sp³-hybridized carbons (Fsp3) is 0.235. The number of hydrogen-bond acceptors (Lipinski definition) is 2. The first-order valence-corrected chi connectivity index (χ1v) is 6.53. The Kier molecular flexibility index (Phi) is 4.13. The molecule has 0 saturated heterocycles. The van der Waals surface area contributed by atoms with Crippen LogP contribution >= 0.6 is 0 Å². The van der Waals surface area contributed by atoms with E-state index in [1.165, 1.54) is 5.56 Å². The van der Waals surface area contributed by atoms with Crippen LogP contribution in [0.5, 0.6) is 0 Å². The van der Waals surface area contributed by atoms with Crippen LogP contribution < -0.4 is 5.73 Å². The van der Waals surface area contributed by atoms with Gasteiger partial charge >= 0.3 is 0 Å². The number of aryl methyl sites for hydroxylation is 1. The Morgan fingerprint density at radius 1 is 1.05 bits per heavy atom. The molecule has 0 amide bonds. The van der Waals surface area contributed by atoms with E-state index < -0.39 is 0 Å². The summed E-state index contributed by atoms with van der Waals surface area (Å²) in [6.45, 7) is 4.64. The third kappa shape index (κ3) is 2.91. The molecule has 2 nitrogen and oxygen atoms in total. The van der Waals surface area contributed by atoms with Crippen molar-refractivity contribution in [2.24, 2.45) is 5.73 Å². The Morgan fingerprint density at radius 3 is 2.37 bits per heavy atom. The average molecular weight is 253 g/mol. The van der Waals surface area contributed by atoms with Gasteiger partial charge in [0.1, 0.15) is 0 Å². The molecule has 2 heteroatoms. The molecule has 0 saturated carbocycles. The van der Waals surface area contributed by atoms with Gasteiger partial charge in [-0.1, -0.05) is 42.5 Å². The summed E-state index contributed by atoms with van der Waals surface area (Å²) in [6.07, 6.45) is 0.845. The smallest absolute Gasteiger partial charge is 0.193 e. The summed E-state index contributed by atoms with van der Waals surface area (Å²) >= 11 is 0. The van der Waals surface area contributed by atoms with Crippen molar-refractivity contribution in [2.75, 3.05) is 6.54 Å². The number of ketones is 1. The normalized spacial score (nSPS) is 10.5. The zero-order valence-corrected chi connectivity index (χ0v) is 11.4. The van der Waals surface area contributed by atoms with Crippen LogP contribution in [-0.2, 0) is 6.42 Å². The van der Waals surface area contributed by atoms with E-state index in [0.717, 1.165) is 28.7 Å². The molecule has 0 aliphatic carbocycles. The predicted molar refractivity (Wildman–Crippen MR) is 78.5 cm³/mol. The maximum atomic E-state index is 12.5. The average Bonchev–Trinajstić information content (AvgIpc) is 2.42. The van der Waals surface area contributed by atoms with Gasteiger partial charge in [-0.15, -0.1) is 0 Å². The van der Waals surface area contributed by atoms with Crippen molar-refractivity contribution in [1.82, 2.24) is 0 Å². The van der Waals surface area contributed by atoms with Crippen LogP contribution in [0.25, 0.3) is 0 Å². The summed E-state index contributed by atoms with van der Waals surface area (Å²) in [5.41, 5.74) is 10.4. The highest BCUT2D eigenvalue weighted by Gasteiger charge is 2.12. The van der Waals surface area contributed by atoms with Crippen molar-refractivity contribution in [3.63, 3.8) is 0 Å². The van der Waals surface area contributed by atoms with Gasteiger partial charge in [0.25, 0.3) is 0 Å². The summed E-state index contributed by atoms with van der Waals surface area (Å²) in [6, 6.07) is 13.6. The van der Waals surface area contributed by atoms with Crippen LogP contribution in [0.1, 0.15) is 32.6 Å². The number of hydrogen-bond donors (Lipinski definition) is 1. The van der Waals surface area contributed by atoms with Crippen LogP contribution in [0.15, 0.2) is 42.5 Å². The van der Waals surface area contributed by atoms with Gasteiger partial charge in [-0.2, -0.15) is 0 Å². The highest BCUT2D eigenvalue weighted by Crippen LogP contribution is 2.17. The van der Waals surface area contributed by atoms with Crippen molar-refractivity contribution < 1.29 is 4.79 Å². The molecular formula is C17H19NO. The molecule has 19 heavy (non-hydrogen) atoms. The van der Waals surface area contributed by atoms with Crippen LogP contribution in [0, 0.1) is 13.8 Å². The second-order valence-corrected chi connectivity index (χ2v) is 4.81. The first-order valence-electron chi connectivity index (χ1n) is 6.53. The fourth-order valence-corrected chi connectivity index (χ4v) is 2.14. The Hall–Kier alpha value is -1.93. The van der Waals surface area contributed by atoms with E-state index >= 15 is 0 Å². The van der Waals surface area contributed by atoms with E-state index in [-0.39, 0.29) is 5.78 Å². The van der Waals surface area contributed by atoms with Crippen LogP contribution in [-0.4, -0.2) is 12.3 Å². The minimum absolute atomic E-state index is 0.0838. The molecule has 0 fully saturated rings. The van der Waals surface area contributed by atoms with Gasteiger partial charge in [0.05, 0.1) is 0 Å². The lowest BCUT2D eigenvalue weighted by Crippen LogP contribution is -2.06. The number of nitrogens with two attached hydrogens (primary N) is 1. The SMILES string of the molecule is Cc1cccc(C(=O)c2ccc(CCN)cc2)c1C. The molecule has 2 aromatic carbocycles.